The van der Waals surface area contributed by atoms with E-state index < -0.39 is 0 Å². The summed E-state index contributed by atoms with van der Waals surface area (Å²) in [6, 6.07) is 0. The Morgan fingerprint density at radius 3 is 1.21 bits per heavy atom. The molecule has 2 aromatic rings. The number of hydrogen-bond acceptors (Lipinski definition) is 4. The van der Waals surface area contributed by atoms with E-state index in [1.165, 1.54) is 9.13 Å². The van der Waals surface area contributed by atoms with E-state index in [9.17, 15) is 20.4 Å². The highest BCUT2D eigenvalue weighted by molar-refractivity contribution is 5.70. The van der Waals surface area contributed by atoms with Crippen molar-refractivity contribution in [3.05, 3.63) is 22.3 Å². The monoisotopic (exact) mass is 262 g/mol. The Bertz CT molecular complexity index is 624. The Balaban J connectivity index is 2.07. The van der Waals surface area contributed by atoms with Crippen molar-refractivity contribution in [2.45, 2.75) is 18.3 Å². The first kappa shape index (κ1) is 10.7. The van der Waals surface area contributed by atoms with Crippen molar-refractivity contribution in [3.63, 3.8) is 0 Å². The van der Waals surface area contributed by atoms with Crippen molar-refractivity contribution >= 4 is 0 Å². The van der Waals surface area contributed by atoms with Crippen LogP contribution in [-0.2, 0) is 14.1 Å². The van der Waals surface area contributed by atoms with Crippen LogP contribution in [-0.4, -0.2) is 29.6 Å². The number of nitrogens with zero attached hydrogens (tertiary/aromatic N) is 2. The van der Waals surface area contributed by atoms with Gasteiger partial charge in [-0.2, -0.15) is 0 Å². The lowest BCUT2D eigenvalue weighted by Crippen LogP contribution is -1.98. The molecule has 2 bridgehead atoms. The molecule has 6 nitrogen and oxygen atoms in total. The van der Waals surface area contributed by atoms with Crippen LogP contribution in [0.15, 0.2) is 0 Å². The summed E-state index contributed by atoms with van der Waals surface area (Å²) in [5, 5.41) is 40.4. The van der Waals surface area contributed by atoms with Gasteiger partial charge in [-0.1, -0.05) is 0 Å². The van der Waals surface area contributed by atoms with Crippen LogP contribution in [0.25, 0.3) is 0 Å². The minimum atomic E-state index is -0.158. The highest BCUT2D eigenvalue weighted by Gasteiger charge is 2.51. The lowest BCUT2D eigenvalue weighted by molar-refractivity contribution is 0.373. The normalized spacial score (nSPS) is 22.8. The summed E-state index contributed by atoms with van der Waals surface area (Å²) in [4.78, 5) is 0. The zero-order valence-corrected chi connectivity index (χ0v) is 10.5. The predicted octanol–water partition coefficient (Wildman–Crippen LogP) is 1.17. The molecule has 4 N–H and O–H groups in total. The average Bonchev–Trinajstić information content (AvgIpc) is 3.06. The van der Waals surface area contributed by atoms with Gasteiger partial charge in [0.15, 0.2) is 23.5 Å². The summed E-state index contributed by atoms with van der Waals surface area (Å²) in [6.45, 7) is 0. The van der Waals surface area contributed by atoms with Gasteiger partial charge in [0.2, 0.25) is 0 Å². The Labute approximate surface area is 108 Å². The summed E-state index contributed by atoms with van der Waals surface area (Å²) >= 11 is 0. The standard InChI is InChI=1S/C13H14N2O4/c1-14-10(16)6-4-3-5(7(6)11(14)17)9-8(4)12(18)15(2)13(9)19/h4-5,16-19H,3H2,1-2H3. The molecule has 6 heteroatoms. The van der Waals surface area contributed by atoms with Gasteiger partial charge < -0.3 is 20.4 Å². The van der Waals surface area contributed by atoms with Crippen molar-refractivity contribution < 1.29 is 20.4 Å². The summed E-state index contributed by atoms with van der Waals surface area (Å²) in [7, 11) is 3.18. The molecule has 2 aliphatic rings. The second kappa shape index (κ2) is 2.84. The quantitative estimate of drug-likeness (QED) is 0.573. The van der Waals surface area contributed by atoms with E-state index in [1.807, 2.05) is 0 Å². The zero-order chi connectivity index (χ0) is 13.6. The molecule has 0 aromatic carbocycles. The molecule has 2 heterocycles. The Morgan fingerprint density at radius 1 is 0.684 bits per heavy atom. The van der Waals surface area contributed by atoms with Crippen molar-refractivity contribution in [1.29, 1.82) is 0 Å². The number of aromatic nitrogens is 2. The summed E-state index contributed by atoms with van der Waals surface area (Å²) < 4.78 is 2.67. The second-order valence-electron chi connectivity index (χ2n) is 5.41. The Kier molecular flexibility index (Phi) is 1.59. The third-order valence-electron chi connectivity index (χ3n) is 4.68. The van der Waals surface area contributed by atoms with E-state index >= 15 is 0 Å². The third-order valence-corrected chi connectivity index (χ3v) is 4.68. The van der Waals surface area contributed by atoms with Crippen LogP contribution in [0.1, 0.15) is 40.5 Å². The van der Waals surface area contributed by atoms with Gasteiger partial charge in [-0.25, -0.2) is 0 Å². The summed E-state index contributed by atoms with van der Waals surface area (Å²) in [5.41, 5.74) is 2.72. The molecule has 0 aliphatic heterocycles. The van der Waals surface area contributed by atoms with E-state index in [0.29, 0.717) is 28.7 Å². The molecule has 2 aliphatic carbocycles. The second-order valence-corrected chi connectivity index (χ2v) is 5.41. The maximum Gasteiger partial charge on any atom is 0.197 e. The molecule has 2 aromatic heterocycles. The number of aromatic hydroxyl groups is 4. The van der Waals surface area contributed by atoms with Gasteiger partial charge in [0.1, 0.15) is 0 Å². The van der Waals surface area contributed by atoms with Gasteiger partial charge in [0.25, 0.3) is 0 Å². The number of hydrogen-bond donors (Lipinski definition) is 4. The van der Waals surface area contributed by atoms with Crippen molar-refractivity contribution in [2.24, 2.45) is 14.1 Å². The van der Waals surface area contributed by atoms with Crippen LogP contribution in [0.5, 0.6) is 23.5 Å². The smallest absolute Gasteiger partial charge is 0.197 e. The topological polar surface area (TPSA) is 90.8 Å². The first-order valence-corrected chi connectivity index (χ1v) is 6.15. The average molecular weight is 262 g/mol. The molecule has 0 saturated carbocycles. The predicted molar refractivity (Wildman–Crippen MR) is 65.8 cm³/mol. The molecule has 0 amide bonds. The van der Waals surface area contributed by atoms with Crippen LogP contribution in [0.4, 0.5) is 0 Å². The largest absolute Gasteiger partial charge is 0.494 e. The molecule has 0 saturated heterocycles. The van der Waals surface area contributed by atoms with Crippen LogP contribution in [0, 0.1) is 0 Å². The van der Waals surface area contributed by atoms with E-state index in [0.717, 1.165) is 0 Å². The fraction of sp³-hybridized carbons (Fsp3) is 0.385. The molecule has 0 unspecified atom stereocenters. The molecule has 0 radical (unpaired) electrons. The Hall–Kier alpha value is -2.24. The lowest BCUT2D eigenvalue weighted by Gasteiger charge is -2.11. The van der Waals surface area contributed by atoms with Gasteiger partial charge in [-0.15, -0.1) is 0 Å². The summed E-state index contributed by atoms with van der Waals surface area (Å²) in [6.07, 6.45) is 0.680. The van der Waals surface area contributed by atoms with E-state index in [1.54, 1.807) is 14.1 Å². The van der Waals surface area contributed by atoms with Crippen molar-refractivity contribution in [2.75, 3.05) is 0 Å². The fourth-order valence-electron chi connectivity index (χ4n) is 3.78. The SMILES string of the molecule is Cn1c(O)c2c(c1O)C1CC2c2c1c(O)n(C)c2O. The van der Waals surface area contributed by atoms with Gasteiger partial charge in [-0.05, 0) is 6.42 Å². The summed E-state index contributed by atoms with van der Waals surface area (Å²) in [5.74, 6) is -0.174. The van der Waals surface area contributed by atoms with Crippen LogP contribution >= 0.6 is 0 Å². The third kappa shape index (κ3) is 0.894. The van der Waals surface area contributed by atoms with Gasteiger partial charge >= 0.3 is 0 Å². The highest BCUT2D eigenvalue weighted by atomic mass is 16.3. The Morgan fingerprint density at radius 2 is 0.947 bits per heavy atom. The molecular formula is C13H14N2O4. The fourth-order valence-corrected chi connectivity index (χ4v) is 3.78. The first-order chi connectivity index (χ1) is 8.95. The molecule has 0 atom stereocenters. The minimum Gasteiger partial charge on any atom is -0.494 e. The van der Waals surface area contributed by atoms with Crippen molar-refractivity contribution in [3.8, 4) is 23.5 Å². The van der Waals surface area contributed by atoms with Crippen molar-refractivity contribution in [1.82, 2.24) is 9.13 Å². The van der Waals surface area contributed by atoms with Crippen LogP contribution < -0.4 is 0 Å². The molecule has 0 spiro atoms. The highest BCUT2D eigenvalue weighted by Crippen LogP contribution is 2.66. The first-order valence-electron chi connectivity index (χ1n) is 6.15. The van der Waals surface area contributed by atoms with Gasteiger partial charge in [0, 0.05) is 48.2 Å². The maximum atomic E-state index is 10.1. The molecule has 19 heavy (non-hydrogen) atoms. The number of fused-ring (bicyclic) bond motifs is 8. The lowest BCUT2D eigenvalue weighted by atomic mass is 9.90. The molecule has 0 fully saturated rings. The van der Waals surface area contributed by atoms with E-state index in [4.69, 9.17) is 0 Å². The van der Waals surface area contributed by atoms with E-state index in [2.05, 4.69) is 0 Å². The minimum absolute atomic E-state index is 0.0355. The van der Waals surface area contributed by atoms with Gasteiger partial charge in [0.05, 0.1) is 0 Å². The zero-order valence-electron chi connectivity index (χ0n) is 10.5. The van der Waals surface area contributed by atoms with Crippen LogP contribution in [0.2, 0.25) is 0 Å². The van der Waals surface area contributed by atoms with Gasteiger partial charge in [-0.3, -0.25) is 9.13 Å². The van der Waals surface area contributed by atoms with E-state index in [-0.39, 0.29) is 35.4 Å². The maximum absolute atomic E-state index is 10.1. The molecular weight excluding hydrogens is 248 g/mol. The molecule has 100 valence electrons. The molecule has 4 rings (SSSR count). The number of rotatable bonds is 0. The van der Waals surface area contributed by atoms with Crippen LogP contribution in [0.3, 0.4) is 0 Å².